The monoisotopic (exact) mass is 293 g/mol. The zero-order chi connectivity index (χ0) is 15.2. The second kappa shape index (κ2) is 7.38. The van der Waals surface area contributed by atoms with E-state index >= 15 is 0 Å². The Balaban J connectivity index is 1.88. The molecule has 0 radical (unpaired) electrons. The predicted molar refractivity (Wildman–Crippen MR) is 80.2 cm³/mol. The molecule has 0 aliphatic carbocycles. The summed E-state index contributed by atoms with van der Waals surface area (Å²) >= 11 is 0. The van der Waals surface area contributed by atoms with Crippen molar-refractivity contribution in [2.75, 3.05) is 26.2 Å². The highest BCUT2D eigenvalue weighted by Crippen LogP contribution is 2.16. The Morgan fingerprint density at radius 2 is 2.14 bits per heavy atom. The van der Waals surface area contributed by atoms with Crippen LogP contribution >= 0.6 is 0 Å². The number of nitrogens with two attached hydrogens (primary N) is 1. The second-order valence-electron chi connectivity index (χ2n) is 5.37. The van der Waals surface area contributed by atoms with Crippen LogP contribution in [-0.2, 0) is 11.8 Å². The van der Waals surface area contributed by atoms with Crippen LogP contribution < -0.4 is 11.3 Å². The van der Waals surface area contributed by atoms with Gasteiger partial charge in [0.1, 0.15) is 0 Å². The molecule has 2 heterocycles. The van der Waals surface area contributed by atoms with Gasteiger partial charge in [0.15, 0.2) is 0 Å². The Morgan fingerprint density at radius 1 is 1.43 bits per heavy atom. The first-order valence-corrected chi connectivity index (χ1v) is 7.39. The summed E-state index contributed by atoms with van der Waals surface area (Å²) in [5.74, 6) is -0.0758. The molecular weight excluding hydrogens is 270 g/mol. The van der Waals surface area contributed by atoms with E-state index in [0.717, 1.165) is 19.3 Å². The molecule has 0 aromatic carbocycles. The smallest absolute Gasteiger partial charge is 0.254 e. The van der Waals surface area contributed by atoms with Crippen LogP contribution in [0, 0.1) is 0 Å². The normalized spacial score (nSPS) is 16.2. The van der Waals surface area contributed by atoms with Crippen molar-refractivity contribution < 1.29 is 9.53 Å². The molecule has 1 saturated heterocycles. The maximum atomic E-state index is 12.4. The second-order valence-corrected chi connectivity index (χ2v) is 5.37. The van der Waals surface area contributed by atoms with Gasteiger partial charge in [0.25, 0.3) is 11.5 Å². The van der Waals surface area contributed by atoms with Gasteiger partial charge in [-0.25, -0.2) is 0 Å². The molecular formula is C15H23N3O3. The summed E-state index contributed by atoms with van der Waals surface area (Å²) in [5.41, 5.74) is 5.73. The molecule has 1 aromatic rings. The molecule has 1 amide bonds. The fourth-order valence-corrected chi connectivity index (χ4v) is 2.42. The lowest BCUT2D eigenvalue weighted by atomic mass is 10.1. The third-order valence-corrected chi connectivity index (χ3v) is 3.78. The van der Waals surface area contributed by atoms with Crippen LogP contribution in [0.5, 0.6) is 0 Å². The van der Waals surface area contributed by atoms with Gasteiger partial charge in [-0.05, 0) is 31.9 Å². The average Bonchev–Trinajstić information content (AvgIpc) is 2.50. The van der Waals surface area contributed by atoms with Crippen LogP contribution in [0.4, 0.5) is 0 Å². The van der Waals surface area contributed by atoms with Gasteiger partial charge in [0.05, 0.1) is 6.10 Å². The number of aromatic nitrogens is 1. The van der Waals surface area contributed by atoms with E-state index in [1.807, 2.05) is 0 Å². The van der Waals surface area contributed by atoms with Crippen molar-refractivity contribution in [2.24, 2.45) is 12.8 Å². The van der Waals surface area contributed by atoms with Crippen LogP contribution in [0.15, 0.2) is 23.1 Å². The van der Waals surface area contributed by atoms with Crippen LogP contribution in [0.2, 0.25) is 0 Å². The first-order valence-electron chi connectivity index (χ1n) is 7.39. The van der Waals surface area contributed by atoms with E-state index < -0.39 is 0 Å². The van der Waals surface area contributed by atoms with Gasteiger partial charge in [0.2, 0.25) is 0 Å². The molecule has 2 rings (SSSR count). The van der Waals surface area contributed by atoms with Crippen molar-refractivity contribution >= 4 is 5.91 Å². The molecule has 0 spiro atoms. The molecule has 0 bridgehead atoms. The number of likely N-dealkylation sites (tertiary alicyclic amines) is 1. The molecule has 0 atom stereocenters. The number of hydrogen-bond acceptors (Lipinski definition) is 4. The molecule has 0 saturated carbocycles. The molecule has 6 nitrogen and oxygen atoms in total. The number of piperidine rings is 1. The van der Waals surface area contributed by atoms with Gasteiger partial charge < -0.3 is 19.9 Å². The number of amides is 1. The zero-order valence-electron chi connectivity index (χ0n) is 12.5. The van der Waals surface area contributed by atoms with E-state index in [1.165, 1.54) is 10.6 Å². The fourth-order valence-electron chi connectivity index (χ4n) is 2.42. The maximum absolute atomic E-state index is 12.4. The van der Waals surface area contributed by atoms with Crippen molar-refractivity contribution in [1.82, 2.24) is 9.47 Å². The minimum absolute atomic E-state index is 0.0758. The van der Waals surface area contributed by atoms with Crippen LogP contribution in [0.25, 0.3) is 0 Å². The first kappa shape index (κ1) is 15.7. The van der Waals surface area contributed by atoms with E-state index in [1.54, 1.807) is 24.2 Å². The number of ether oxygens (including phenoxy) is 1. The van der Waals surface area contributed by atoms with Crippen LogP contribution in [-0.4, -0.2) is 47.7 Å². The Kier molecular flexibility index (Phi) is 5.52. The maximum Gasteiger partial charge on any atom is 0.254 e. The lowest BCUT2D eigenvalue weighted by Gasteiger charge is -2.32. The third kappa shape index (κ3) is 4.15. The molecule has 0 unspecified atom stereocenters. The summed E-state index contributed by atoms with van der Waals surface area (Å²) in [5, 5.41) is 0. The van der Waals surface area contributed by atoms with Crippen molar-refractivity contribution in [3.8, 4) is 0 Å². The summed E-state index contributed by atoms with van der Waals surface area (Å²) < 4.78 is 7.17. The number of rotatable bonds is 5. The standard InChI is InChI=1S/C15H23N3O3/c1-17-7-3-12(11-14(17)19)15(20)18-8-4-13(5-9-18)21-10-2-6-16/h3,7,11,13H,2,4-6,8-10,16H2,1H3. The van der Waals surface area contributed by atoms with Gasteiger partial charge in [0, 0.05) is 44.6 Å². The minimum Gasteiger partial charge on any atom is -0.378 e. The highest BCUT2D eigenvalue weighted by molar-refractivity contribution is 5.94. The Labute approximate surface area is 124 Å². The Bertz CT molecular complexity index is 533. The molecule has 1 aliphatic heterocycles. The lowest BCUT2D eigenvalue weighted by Crippen LogP contribution is -2.41. The van der Waals surface area contributed by atoms with Crippen molar-refractivity contribution in [3.05, 3.63) is 34.2 Å². The van der Waals surface area contributed by atoms with Crippen LogP contribution in [0.3, 0.4) is 0 Å². The van der Waals surface area contributed by atoms with E-state index in [2.05, 4.69) is 0 Å². The number of pyridine rings is 1. The summed E-state index contributed by atoms with van der Waals surface area (Å²) in [6.07, 6.45) is 4.37. The molecule has 6 heteroatoms. The highest BCUT2D eigenvalue weighted by Gasteiger charge is 2.24. The third-order valence-electron chi connectivity index (χ3n) is 3.78. The number of carbonyl (C=O) groups excluding carboxylic acids is 1. The van der Waals surface area contributed by atoms with Gasteiger partial charge in [-0.1, -0.05) is 0 Å². The SMILES string of the molecule is Cn1ccc(C(=O)N2CCC(OCCCN)CC2)cc1=O. The minimum atomic E-state index is -0.166. The number of nitrogens with zero attached hydrogens (tertiary/aromatic N) is 2. The number of aryl methyl sites for hydroxylation is 1. The lowest BCUT2D eigenvalue weighted by molar-refractivity contribution is 0.00844. The molecule has 116 valence electrons. The molecule has 1 fully saturated rings. The van der Waals surface area contributed by atoms with E-state index in [-0.39, 0.29) is 17.6 Å². The zero-order valence-corrected chi connectivity index (χ0v) is 12.5. The summed E-state index contributed by atoms with van der Waals surface area (Å²) in [7, 11) is 1.67. The molecule has 1 aromatic heterocycles. The van der Waals surface area contributed by atoms with E-state index in [9.17, 15) is 9.59 Å². The fraction of sp³-hybridized carbons (Fsp3) is 0.600. The van der Waals surface area contributed by atoms with Crippen LogP contribution in [0.1, 0.15) is 29.6 Å². The molecule has 21 heavy (non-hydrogen) atoms. The van der Waals surface area contributed by atoms with Gasteiger partial charge in [-0.3, -0.25) is 9.59 Å². The van der Waals surface area contributed by atoms with Gasteiger partial charge in [-0.2, -0.15) is 0 Å². The molecule has 2 N–H and O–H groups in total. The number of hydrogen-bond donors (Lipinski definition) is 1. The Morgan fingerprint density at radius 3 is 2.76 bits per heavy atom. The van der Waals surface area contributed by atoms with Crippen molar-refractivity contribution in [1.29, 1.82) is 0 Å². The topological polar surface area (TPSA) is 77.6 Å². The van der Waals surface area contributed by atoms with E-state index in [0.29, 0.717) is 31.8 Å². The summed E-state index contributed by atoms with van der Waals surface area (Å²) in [4.78, 5) is 25.7. The summed E-state index contributed by atoms with van der Waals surface area (Å²) in [6, 6.07) is 3.08. The first-order chi connectivity index (χ1) is 10.1. The van der Waals surface area contributed by atoms with Crippen molar-refractivity contribution in [2.45, 2.75) is 25.4 Å². The van der Waals surface area contributed by atoms with Crippen molar-refractivity contribution in [3.63, 3.8) is 0 Å². The highest BCUT2D eigenvalue weighted by atomic mass is 16.5. The van der Waals surface area contributed by atoms with Gasteiger partial charge in [-0.15, -0.1) is 0 Å². The summed E-state index contributed by atoms with van der Waals surface area (Å²) in [6.45, 7) is 2.66. The predicted octanol–water partition coefficient (Wildman–Crippen LogP) is 0.355. The average molecular weight is 293 g/mol. The largest absolute Gasteiger partial charge is 0.378 e. The quantitative estimate of drug-likeness (QED) is 0.795. The van der Waals surface area contributed by atoms with Gasteiger partial charge >= 0.3 is 0 Å². The molecule has 1 aliphatic rings. The van der Waals surface area contributed by atoms with E-state index in [4.69, 9.17) is 10.5 Å². The Hall–Kier alpha value is -1.66. The number of carbonyl (C=O) groups is 1.